The number of unbranched alkanes of at least 4 members (excludes halogenated alkanes) is 1. The molecule has 1 nitrogen and oxygen atoms in total. The Morgan fingerprint density at radius 3 is 1.88 bits per heavy atom. The summed E-state index contributed by atoms with van der Waals surface area (Å²) in [5, 5.41) is 0. The molecule has 0 N–H and O–H groups in total. The molecule has 0 radical (unpaired) electrons. The van der Waals surface area contributed by atoms with Crippen molar-refractivity contribution in [3.8, 4) is 0 Å². The summed E-state index contributed by atoms with van der Waals surface area (Å²) in [4.78, 5) is 2.97. The fourth-order valence-electron chi connectivity index (χ4n) is 5.02. The molecule has 0 aromatic heterocycles. The van der Waals surface area contributed by atoms with E-state index in [4.69, 9.17) is 0 Å². The van der Waals surface area contributed by atoms with Crippen LogP contribution in [0.3, 0.4) is 0 Å². The van der Waals surface area contributed by atoms with Gasteiger partial charge >= 0.3 is 0 Å². The number of hydrogen-bond acceptors (Lipinski definition) is 1. The van der Waals surface area contributed by atoms with Gasteiger partial charge in [0.15, 0.2) is 0 Å². The molecule has 3 rings (SSSR count). The monoisotopic (exact) mass is 235 g/mol. The Bertz CT molecular complexity index is 228. The van der Waals surface area contributed by atoms with Gasteiger partial charge in [0.1, 0.15) is 0 Å². The molecule has 1 aliphatic heterocycles. The first kappa shape index (κ1) is 12.0. The molecule has 17 heavy (non-hydrogen) atoms. The zero-order valence-electron chi connectivity index (χ0n) is 11.5. The zero-order chi connectivity index (χ0) is 11.7. The Morgan fingerprint density at radius 2 is 1.35 bits per heavy atom. The van der Waals surface area contributed by atoms with Gasteiger partial charge in [-0.15, -0.1) is 0 Å². The number of nitrogens with zero attached hydrogens (tertiary/aromatic N) is 1. The maximum atomic E-state index is 2.97. The van der Waals surface area contributed by atoms with Crippen molar-refractivity contribution in [2.75, 3.05) is 6.54 Å². The van der Waals surface area contributed by atoms with E-state index >= 15 is 0 Å². The van der Waals surface area contributed by atoms with Crippen molar-refractivity contribution < 1.29 is 0 Å². The Morgan fingerprint density at radius 1 is 0.824 bits per heavy atom. The lowest BCUT2D eigenvalue weighted by Gasteiger charge is -2.34. The second-order valence-corrected chi connectivity index (χ2v) is 6.62. The summed E-state index contributed by atoms with van der Waals surface area (Å²) in [6.07, 6.45) is 15.0. The van der Waals surface area contributed by atoms with E-state index < -0.39 is 0 Å². The van der Waals surface area contributed by atoms with Gasteiger partial charge in [0.25, 0.3) is 0 Å². The SMILES string of the molecule is CCCCN1C2CCCCC2C2CCCCC21. The predicted molar refractivity (Wildman–Crippen MR) is 73.1 cm³/mol. The topological polar surface area (TPSA) is 3.24 Å². The minimum Gasteiger partial charge on any atom is -0.297 e. The van der Waals surface area contributed by atoms with Crippen LogP contribution in [-0.2, 0) is 0 Å². The highest BCUT2D eigenvalue weighted by Gasteiger charge is 2.48. The summed E-state index contributed by atoms with van der Waals surface area (Å²) in [7, 11) is 0. The van der Waals surface area contributed by atoms with E-state index in [0.29, 0.717) is 0 Å². The van der Waals surface area contributed by atoms with Gasteiger partial charge in [-0.25, -0.2) is 0 Å². The molecule has 1 heterocycles. The first-order valence-electron chi connectivity index (χ1n) is 8.17. The van der Waals surface area contributed by atoms with Crippen molar-refractivity contribution in [3.05, 3.63) is 0 Å². The van der Waals surface area contributed by atoms with Crippen molar-refractivity contribution in [1.29, 1.82) is 0 Å². The van der Waals surface area contributed by atoms with Crippen LogP contribution in [-0.4, -0.2) is 23.5 Å². The minimum absolute atomic E-state index is 0.989. The van der Waals surface area contributed by atoms with Crippen molar-refractivity contribution in [3.63, 3.8) is 0 Å². The largest absolute Gasteiger partial charge is 0.297 e. The summed E-state index contributed by atoms with van der Waals surface area (Å²) in [6, 6.07) is 1.98. The molecule has 0 aromatic rings. The van der Waals surface area contributed by atoms with Gasteiger partial charge < -0.3 is 0 Å². The van der Waals surface area contributed by atoms with Crippen LogP contribution in [0.25, 0.3) is 0 Å². The zero-order valence-corrected chi connectivity index (χ0v) is 11.5. The van der Waals surface area contributed by atoms with Crippen LogP contribution in [0.5, 0.6) is 0 Å². The van der Waals surface area contributed by atoms with Gasteiger partial charge in [0.2, 0.25) is 0 Å². The third-order valence-electron chi connectivity index (χ3n) is 5.73. The van der Waals surface area contributed by atoms with Crippen molar-refractivity contribution >= 4 is 0 Å². The number of likely N-dealkylation sites (tertiary alicyclic amines) is 1. The molecule has 3 aliphatic rings. The van der Waals surface area contributed by atoms with Crippen LogP contribution in [0.2, 0.25) is 0 Å². The van der Waals surface area contributed by atoms with E-state index in [0.717, 1.165) is 23.9 Å². The maximum Gasteiger partial charge on any atom is 0.0130 e. The summed E-state index contributed by atoms with van der Waals surface area (Å²) in [5.74, 6) is 2.18. The van der Waals surface area contributed by atoms with Gasteiger partial charge in [0, 0.05) is 12.1 Å². The van der Waals surface area contributed by atoms with Crippen molar-refractivity contribution in [1.82, 2.24) is 4.90 Å². The molecule has 1 heteroatoms. The molecule has 0 bridgehead atoms. The van der Waals surface area contributed by atoms with Gasteiger partial charge in [-0.2, -0.15) is 0 Å². The lowest BCUT2D eigenvalue weighted by Crippen LogP contribution is -2.40. The molecule has 2 saturated carbocycles. The Hall–Kier alpha value is -0.0400. The highest BCUT2D eigenvalue weighted by atomic mass is 15.2. The molecule has 4 atom stereocenters. The summed E-state index contributed by atoms with van der Waals surface area (Å²) in [5.41, 5.74) is 0. The molecule has 4 unspecified atom stereocenters. The Balaban J connectivity index is 1.75. The second-order valence-electron chi connectivity index (χ2n) is 6.62. The highest BCUT2D eigenvalue weighted by Crippen LogP contribution is 2.48. The van der Waals surface area contributed by atoms with Gasteiger partial charge in [-0.1, -0.05) is 39.0 Å². The standard InChI is InChI=1S/C16H29N/c1-2-3-12-17-15-10-6-4-8-13(15)14-9-5-7-11-16(14)17/h13-16H,2-12H2,1H3. The van der Waals surface area contributed by atoms with E-state index in [2.05, 4.69) is 11.8 Å². The molecular weight excluding hydrogens is 206 g/mol. The molecule has 0 spiro atoms. The fraction of sp³-hybridized carbons (Fsp3) is 1.00. The van der Waals surface area contributed by atoms with E-state index in [9.17, 15) is 0 Å². The van der Waals surface area contributed by atoms with Gasteiger partial charge in [-0.05, 0) is 50.5 Å². The van der Waals surface area contributed by atoms with Crippen LogP contribution in [0.4, 0.5) is 0 Å². The first-order chi connectivity index (χ1) is 8.42. The maximum absolute atomic E-state index is 2.97. The smallest absolute Gasteiger partial charge is 0.0130 e. The van der Waals surface area contributed by atoms with Gasteiger partial charge in [-0.3, -0.25) is 4.90 Å². The normalized spacial score (nSPS) is 42.2. The van der Waals surface area contributed by atoms with Gasteiger partial charge in [0.05, 0.1) is 0 Å². The van der Waals surface area contributed by atoms with E-state index in [1.807, 2.05) is 0 Å². The third kappa shape index (κ3) is 2.16. The molecule has 98 valence electrons. The molecule has 2 aliphatic carbocycles. The van der Waals surface area contributed by atoms with Crippen LogP contribution in [0, 0.1) is 11.8 Å². The first-order valence-corrected chi connectivity index (χ1v) is 8.17. The average molecular weight is 235 g/mol. The number of rotatable bonds is 3. The minimum atomic E-state index is 0.989. The van der Waals surface area contributed by atoms with Crippen molar-refractivity contribution in [2.45, 2.75) is 83.2 Å². The van der Waals surface area contributed by atoms with Crippen LogP contribution in [0.15, 0.2) is 0 Å². The van der Waals surface area contributed by atoms with E-state index in [-0.39, 0.29) is 0 Å². The highest BCUT2D eigenvalue weighted by molar-refractivity contribution is 5.02. The Kier molecular flexibility index (Phi) is 3.75. The predicted octanol–water partition coefficient (Wildman–Crippen LogP) is 4.22. The van der Waals surface area contributed by atoms with E-state index in [1.54, 1.807) is 12.8 Å². The lowest BCUT2D eigenvalue weighted by molar-refractivity contribution is 0.137. The average Bonchev–Trinajstić information content (AvgIpc) is 2.71. The van der Waals surface area contributed by atoms with E-state index in [1.165, 1.54) is 57.9 Å². The molecule has 3 fully saturated rings. The summed E-state index contributed by atoms with van der Waals surface area (Å²) in [6.45, 7) is 3.74. The number of hydrogen-bond donors (Lipinski definition) is 0. The van der Waals surface area contributed by atoms with Crippen molar-refractivity contribution in [2.24, 2.45) is 11.8 Å². The lowest BCUT2D eigenvalue weighted by atomic mass is 9.73. The number of fused-ring (bicyclic) bond motifs is 3. The quantitative estimate of drug-likeness (QED) is 0.708. The van der Waals surface area contributed by atoms with Crippen LogP contribution >= 0.6 is 0 Å². The molecule has 1 saturated heterocycles. The third-order valence-corrected chi connectivity index (χ3v) is 5.73. The summed E-state index contributed by atoms with van der Waals surface area (Å²) >= 11 is 0. The second kappa shape index (κ2) is 5.30. The summed E-state index contributed by atoms with van der Waals surface area (Å²) < 4.78 is 0. The molecule has 0 aromatic carbocycles. The van der Waals surface area contributed by atoms with Crippen LogP contribution < -0.4 is 0 Å². The fourth-order valence-corrected chi connectivity index (χ4v) is 5.02. The Labute approximate surface area is 107 Å². The van der Waals surface area contributed by atoms with Crippen LogP contribution in [0.1, 0.15) is 71.1 Å². The molecule has 0 amide bonds. The molecular formula is C16H29N.